The van der Waals surface area contributed by atoms with Crippen LogP contribution in [0.2, 0.25) is 164 Å². The molecule has 0 amide bonds. The maximum atomic E-state index is 7.15. The highest BCUT2D eigenvalue weighted by Gasteiger charge is 2.44. The standard InChI is InChI=1S/C18H52N2OSi6.C10H29NSi3.3CH4/c1-22(2,3)19(23(4,5)6)17-26(13,14)21-27(15,16)18-20(24(7,8)9)25(10,11)12;1-12(2,3)10-11(13(4,5)6)14(7,8)9;;;/h17-18H2,1-16H3;10H2,1-9H3;3*1H4. The maximum absolute atomic E-state index is 7.15. The highest BCUT2D eigenvalue weighted by Crippen LogP contribution is 2.28. The summed E-state index contributed by atoms with van der Waals surface area (Å²) < 4.78 is 15.9. The minimum Gasteiger partial charge on any atom is -0.454 e. The second-order valence-corrected chi connectivity index (χ2v) is 65.5. The van der Waals surface area contributed by atoms with E-state index in [2.05, 4.69) is 176 Å². The van der Waals surface area contributed by atoms with E-state index in [9.17, 15) is 0 Å². The molecule has 0 saturated carbocycles. The zero-order valence-electron chi connectivity index (χ0n) is 33.4. The summed E-state index contributed by atoms with van der Waals surface area (Å²) in [6.07, 6.45) is 3.84. The lowest BCUT2D eigenvalue weighted by Gasteiger charge is -2.50. The van der Waals surface area contributed by atoms with Gasteiger partial charge in [0, 0.05) is 12.3 Å². The van der Waals surface area contributed by atoms with Crippen molar-refractivity contribution in [2.45, 2.75) is 186 Å². The molecule has 0 aromatic rings. The predicted octanol–water partition coefficient (Wildman–Crippen LogP) is 12.2. The van der Waals surface area contributed by atoms with E-state index in [1.165, 1.54) is 18.5 Å². The van der Waals surface area contributed by atoms with Crippen molar-refractivity contribution in [3.63, 3.8) is 0 Å². The molecular formula is C31H93N3OSi9. The molecule has 0 aliphatic rings. The molecule has 0 aliphatic heterocycles. The summed E-state index contributed by atoms with van der Waals surface area (Å²) in [6, 6.07) is 0. The van der Waals surface area contributed by atoms with Crippen molar-refractivity contribution in [2.75, 3.05) is 18.5 Å². The van der Waals surface area contributed by atoms with Crippen molar-refractivity contribution in [3.05, 3.63) is 0 Å². The van der Waals surface area contributed by atoms with Crippen molar-refractivity contribution in [1.29, 1.82) is 0 Å². The lowest BCUT2D eigenvalue weighted by Crippen LogP contribution is -2.68. The second-order valence-electron chi connectivity index (χ2n) is 21.0. The normalized spacial score (nSPS) is 14.5. The van der Waals surface area contributed by atoms with Crippen LogP contribution in [-0.2, 0) is 4.12 Å². The second kappa shape index (κ2) is 18.2. The monoisotopic (exact) mass is 776 g/mol. The van der Waals surface area contributed by atoms with Gasteiger partial charge in [0.2, 0.25) is 0 Å². The Kier molecular flexibility index (Phi) is 22.8. The molecule has 0 bridgehead atoms. The Morgan fingerprint density at radius 3 is 0.568 bits per heavy atom. The van der Waals surface area contributed by atoms with E-state index in [0.29, 0.717) is 0 Å². The van der Waals surface area contributed by atoms with E-state index in [-0.39, 0.29) is 22.3 Å². The molecule has 0 aliphatic carbocycles. The van der Waals surface area contributed by atoms with Crippen LogP contribution in [0.4, 0.5) is 0 Å². The first-order chi connectivity index (χ1) is 17.2. The van der Waals surface area contributed by atoms with Crippen LogP contribution in [0, 0.1) is 0 Å². The number of rotatable bonds is 14. The summed E-state index contributed by atoms with van der Waals surface area (Å²) in [6.45, 7) is 62.4. The average Bonchev–Trinajstić information content (AvgIpc) is 2.56. The molecule has 0 aromatic heterocycles. The topological polar surface area (TPSA) is 19.0 Å². The Balaban J connectivity index is -0.000000255. The molecule has 44 heavy (non-hydrogen) atoms. The van der Waals surface area contributed by atoms with Crippen LogP contribution in [0.1, 0.15) is 22.3 Å². The average molecular weight is 777 g/mol. The lowest BCUT2D eigenvalue weighted by molar-refractivity contribution is 0.497. The van der Waals surface area contributed by atoms with Crippen molar-refractivity contribution >= 4 is 74.1 Å². The van der Waals surface area contributed by atoms with Gasteiger partial charge in [0.05, 0.1) is 8.07 Å². The highest BCUT2D eigenvalue weighted by atomic mass is 28.4. The molecule has 0 spiro atoms. The Morgan fingerprint density at radius 2 is 0.455 bits per heavy atom. The smallest absolute Gasteiger partial charge is 0.186 e. The maximum Gasteiger partial charge on any atom is 0.186 e. The summed E-state index contributed by atoms with van der Waals surface area (Å²) in [5.41, 5.74) is 0. The number of hydrogen-bond donors (Lipinski definition) is 0. The molecule has 0 saturated heterocycles. The summed E-state index contributed by atoms with van der Waals surface area (Å²) in [5.74, 6) is 0. The van der Waals surface area contributed by atoms with E-state index in [4.69, 9.17) is 4.12 Å². The van der Waals surface area contributed by atoms with Gasteiger partial charge in [-0.3, -0.25) is 0 Å². The first-order valence-corrected chi connectivity index (χ1v) is 46.9. The van der Waals surface area contributed by atoms with Gasteiger partial charge in [-0.25, -0.2) is 0 Å². The van der Waals surface area contributed by atoms with Crippen LogP contribution in [0.5, 0.6) is 0 Å². The Hall–Kier alpha value is 1.79. The molecule has 0 fully saturated rings. The minimum atomic E-state index is -1.75. The number of hydrogen-bond acceptors (Lipinski definition) is 4. The molecule has 0 rings (SSSR count). The van der Waals surface area contributed by atoms with Gasteiger partial charge in [-0.15, -0.1) is 0 Å². The Labute approximate surface area is 293 Å². The molecule has 0 unspecified atom stereocenters. The van der Waals surface area contributed by atoms with Gasteiger partial charge >= 0.3 is 0 Å². The molecule has 4 nitrogen and oxygen atoms in total. The molecule has 0 heterocycles. The fraction of sp³-hybridized carbons (Fsp3) is 1.00. The largest absolute Gasteiger partial charge is 0.454 e. The quantitative estimate of drug-likeness (QED) is 0.164. The minimum absolute atomic E-state index is 0. The summed E-state index contributed by atoms with van der Waals surface area (Å²) in [4.78, 5) is 0. The molecule has 0 radical (unpaired) electrons. The lowest BCUT2D eigenvalue weighted by atomic mass is 11.5. The Morgan fingerprint density at radius 1 is 0.295 bits per heavy atom. The van der Waals surface area contributed by atoms with Crippen LogP contribution in [0.15, 0.2) is 0 Å². The van der Waals surface area contributed by atoms with Crippen molar-refractivity contribution in [1.82, 2.24) is 12.7 Å². The summed E-state index contributed by atoms with van der Waals surface area (Å²) in [7, 11) is -12.0. The van der Waals surface area contributed by atoms with Gasteiger partial charge in [0.1, 0.15) is 49.4 Å². The van der Waals surface area contributed by atoms with Crippen molar-refractivity contribution in [2.24, 2.45) is 0 Å². The predicted molar refractivity (Wildman–Crippen MR) is 240 cm³/mol. The highest BCUT2D eigenvalue weighted by molar-refractivity contribution is 6.94. The van der Waals surface area contributed by atoms with Crippen LogP contribution >= 0.6 is 0 Å². The van der Waals surface area contributed by atoms with E-state index in [0.717, 1.165) is 0 Å². The van der Waals surface area contributed by atoms with E-state index < -0.39 is 74.1 Å². The van der Waals surface area contributed by atoms with Gasteiger partial charge in [-0.2, -0.15) is 0 Å². The summed E-state index contributed by atoms with van der Waals surface area (Å²) in [5, 5.41) is 0. The van der Waals surface area contributed by atoms with Crippen LogP contribution in [-0.4, -0.2) is 105 Å². The molecule has 13 heteroatoms. The third-order valence-electron chi connectivity index (χ3n) is 7.12. The third-order valence-corrected chi connectivity index (χ3v) is 39.6. The van der Waals surface area contributed by atoms with Gasteiger partial charge in [-0.05, 0) is 32.4 Å². The molecule has 0 N–H and O–H groups in total. The first-order valence-electron chi connectivity index (χ1n) is 16.3. The van der Waals surface area contributed by atoms with Crippen molar-refractivity contribution in [3.8, 4) is 0 Å². The third kappa shape index (κ3) is 23.2. The van der Waals surface area contributed by atoms with Crippen LogP contribution in [0.25, 0.3) is 0 Å². The van der Waals surface area contributed by atoms with E-state index in [1.54, 1.807) is 0 Å². The Bertz CT molecular complexity index is 706. The van der Waals surface area contributed by atoms with E-state index in [1.807, 2.05) is 0 Å². The fourth-order valence-electron chi connectivity index (χ4n) is 6.49. The molecule has 0 atom stereocenters. The van der Waals surface area contributed by atoms with Gasteiger partial charge in [-0.1, -0.05) is 160 Å². The molecule has 0 aromatic carbocycles. The van der Waals surface area contributed by atoms with E-state index >= 15 is 0 Å². The van der Waals surface area contributed by atoms with Gasteiger partial charge < -0.3 is 16.8 Å². The van der Waals surface area contributed by atoms with Gasteiger partial charge in [0.15, 0.2) is 16.6 Å². The van der Waals surface area contributed by atoms with Crippen LogP contribution in [0.3, 0.4) is 0 Å². The zero-order valence-corrected chi connectivity index (χ0v) is 42.4. The number of nitrogens with zero attached hydrogens (tertiary/aromatic N) is 3. The molecule has 274 valence electrons. The first kappa shape index (κ1) is 55.2. The fourth-order valence-corrected chi connectivity index (χ4v) is 58.4. The molecular weight excluding hydrogens is 683 g/mol. The van der Waals surface area contributed by atoms with Crippen molar-refractivity contribution < 1.29 is 4.12 Å². The van der Waals surface area contributed by atoms with Crippen LogP contribution < -0.4 is 0 Å². The zero-order chi connectivity index (χ0) is 34.1. The summed E-state index contributed by atoms with van der Waals surface area (Å²) >= 11 is 0. The SMILES string of the molecule is C.C.C.C[Si](C)(C)CN([Si](C)(C)C)[Si](C)(C)C.C[Si](C)(CN([Si](C)(C)C)[Si](C)(C)C)O[Si](C)(C)CN([Si](C)(C)C)[Si](C)(C)C. The van der Waals surface area contributed by atoms with Gasteiger partial charge in [0.25, 0.3) is 0 Å².